The predicted octanol–water partition coefficient (Wildman–Crippen LogP) is 2.06. The number of aromatic nitrogens is 1. The summed E-state index contributed by atoms with van der Waals surface area (Å²) in [7, 11) is 0. The minimum absolute atomic E-state index is 0.0516. The number of thiazole rings is 1. The fraction of sp³-hybridized carbons (Fsp3) is 0.500. The molecular formula is C26H35N5O6S. The van der Waals surface area contributed by atoms with Crippen LogP contribution in [0.3, 0.4) is 0 Å². The van der Waals surface area contributed by atoms with E-state index in [1.807, 2.05) is 43.4 Å². The Morgan fingerprint density at radius 3 is 2.37 bits per heavy atom. The molecule has 4 atom stereocenters. The molecule has 0 spiro atoms. The summed E-state index contributed by atoms with van der Waals surface area (Å²) in [6.45, 7) is 8.49. The van der Waals surface area contributed by atoms with Crippen molar-refractivity contribution in [3.63, 3.8) is 0 Å². The fourth-order valence-corrected chi connectivity index (χ4v) is 5.20. The highest BCUT2D eigenvalue weighted by molar-refractivity contribution is 7.13. The Morgan fingerprint density at radius 2 is 1.82 bits per heavy atom. The van der Waals surface area contributed by atoms with Crippen molar-refractivity contribution in [2.45, 2.75) is 65.3 Å². The van der Waals surface area contributed by atoms with E-state index in [0.717, 1.165) is 21.7 Å². The standard InChI is InChI=1S/C26H35N5O6S/c1-14(16-6-8-17(9-7-16)21-15(2)28-13-38-21)29-23(34)19-10-18(32)12-31(19)24(35)22(26(3,4)5)30-20(33)11-27-25(36)37/h6-9,13-14,18-19,22,27,32H,10-12H2,1-5H3,(H,29,34)(H,30,33)(H,36,37)/t14?,18-,19+,22?/m1/s1. The number of carboxylic acid groups (broad SMARTS) is 1. The van der Waals surface area contributed by atoms with Gasteiger partial charge in [-0.05, 0) is 30.4 Å². The molecule has 1 saturated heterocycles. The van der Waals surface area contributed by atoms with Gasteiger partial charge in [-0.1, -0.05) is 45.0 Å². The van der Waals surface area contributed by atoms with Gasteiger partial charge in [-0.3, -0.25) is 14.4 Å². The molecule has 1 aliphatic heterocycles. The number of hydrogen-bond donors (Lipinski definition) is 5. The quantitative estimate of drug-likeness (QED) is 0.339. The Hall–Kier alpha value is -3.51. The van der Waals surface area contributed by atoms with Gasteiger partial charge in [0.05, 0.1) is 28.2 Å². The van der Waals surface area contributed by atoms with E-state index in [4.69, 9.17) is 5.11 Å². The zero-order chi connectivity index (χ0) is 28.2. The van der Waals surface area contributed by atoms with Gasteiger partial charge in [-0.2, -0.15) is 0 Å². The minimum atomic E-state index is -1.36. The number of nitrogens with zero attached hydrogens (tertiary/aromatic N) is 2. The van der Waals surface area contributed by atoms with Crippen LogP contribution in [-0.4, -0.2) is 75.2 Å². The van der Waals surface area contributed by atoms with Gasteiger partial charge in [0, 0.05) is 13.0 Å². The average molecular weight is 546 g/mol. The second-order valence-corrected chi connectivity index (χ2v) is 11.4. The summed E-state index contributed by atoms with van der Waals surface area (Å²) < 4.78 is 0. The van der Waals surface area contributed by atoms with E-state index < -0.39 is 54.0 Å². The SMILES string of the molecule is Cc1ncsc1-c1ccc(C(C)NC(=O)[C@@H]2C[C@@H](O)CN2C(=O)C(NC(=O)CNC(=O)O)C(C)(C)C)cc1. The van der Waals surface area contributed by atoms with E-state index in [9.17, 15) is 24.3 Å². The number of carbonyl (C=O) groups excluding carboxylic acids is 3. The summed E-state index contributed by atoms with van der Waals surface area (Å²) in [5.41, 5.74) is 3.93. The lowest BCUT2D eigenvalue weighted by Gasteiger charge is -2.35. The Bertz CT molecular complexity index is 1180. The van der Waals surface area contributed by atoms with Crippen LogP contribution in [0.2, 0.25) is 0 Å². The zero-order valence-electron chi connectivity index (χ0n) is 22.1. The highest BCUT2D eigenvalue weighted by atomic mass is 32.1. The maximum atomic E-state index is 13.5. The van der Waals surface area contributed by atoms with Gasteiger partial charge in [0.1, 0.15) is 18.6 Å². The van der Waals surface area contributed by atoms with Crippen molar-refractivity contribution in [2.24, 2.45) is 5.41 Å². The normalized spacial score (nSPS) is 18.9. The number of hydrogen-bond acceptors (Lipinski definition) is 7. The first-order valence-electron chi connectivity index (χ1n) is 12.3. The first kappa shape index (κ1) is 29.1. The number of benzene rings is 1. The Labute approximate surface area is 225 Å². The lowest BCUT2D eigenvalue weighted by atomic mass is 9.85. The van der Waals surface area contributed by atoms with Gasteiger partial charge >= 0.3 is 6.09 Å². The highest BCUT2D eigenvalue weighted by Gasteiger charge is 2.44. The molecule has 0 saturated carbocycles. The van der Waals surface area contributed by atoms with Crippen LogP contribution in [0.5, 0.6) is 0 Å². The first-order chi connectivity index (χ1) is 17.8. The van der Waals surface area contributed by atoms with Crippen LogP contribution in [0.25, 0.3) is 10.4 Å². The van der Waals surface area contributed by atoms with E-state index in [-0.39, 0.29) is 19.0 Å². The minimum Gasteiger partial charge on any atom is -0.465 e. The van der Waals surface area contributed by atoms with E-state index in [0.29, 0.717) is 0 Å². The molecule has 2 heterocycles. The van der Waals surface area contributed by atoms with Crippen LogP contribution in [-0.2, 0) is 14.4 Å². The van der Waals surface area contributed by atoms with Crippen molar-refractivity contribution in [3.05, 3.63) is 41.0 Å². The molecule has 38 heavy (non-hydrogen) atoms. The summed E-state index contributed by atoms with van der Waals surface area (Å²) in [5, 5.41) is 26.6. The van der Waals surface area contributed by atoms with Crippen molar-refractivity contribution in [1.29, 1.82) is 0 Å². The molecule has 2 aromatic rings. The van der Waals surface area contributed by atoms with Crippen molar-refractivity contribution in [2.75, 3.05) is 13.1 Å². The molecule has 12 heteroatoms. The molecule has 206 valence electrons. The highest BCUT2D eigenvalue weighted by Crippen LogP contribution is 2.29. The second-order valence-electron chi connectivity index (χ2n) is 10.5. The molecule has 4 amide bonds. The van der Waals surface area contributed by atoms with Gasteiger partial charge < -0.3 is 31.1 Å². The molecule has 1 aromatic carbocycles. The van der Waals surface area contributed by atoms with E-state index in [1.54, 1.807) is 37.6 Å². The largest absolute Gasteiger partial charge is 0.465 e. The molecule has 1 aliphatic rings. The third-order valence-electron chi connectivity index (χ3n) is 6.46. The number of likely N-dealkylation sites (tertiary alicyclic amines) is 1. The lowest BCUT2D eigenvalue weighted by Crippen LogP contribution is -2.58. The Balaban J connectivity index is 1.71. The number of aliphatic hydroxyl groups excluding tert-OH is 1. The van der Waals surface area contributed by atoms with E-state index in [2.05, 4.69) is 15.6 Å². The zero-order valence-corrected chi connectivity index (χ0v) is 23.0. The van der Waals surface area contributed by atoms with Crippen LogP contribution < -0.4 is 16.0 Å². The van der Waals surface area contributed by atoms with Crippen LogP contribution in [0, 0.1) is 12.3 Å². The van der Waals surface area contributed by atoms with Gasteiger partial charge in [0.15, 0.2) is 0 Å². The molecule has 2 unspecified atom stereocenters. The first-order valence-corrected chi connectivity index (χ1v) is 13.2. The molecular weight excluding hydrogens is 510 g/mol. The number of amides is 4. The molecule has 0 aliphatic carbocycles. The average Bonchev–Trinajstić information content (AvgIpc) is 3.45. The molecule has 5 N–H and O–H groups in total. The van der Waals surface area contributed by atoms with Crippen molar-refractivity contribution in [3.8, 4) is 10.4 Å². The number of rotatable bonds is 8. The van der Waals surface area contributed by atoms with E-state index >= 15 is 0 Å². The van der Waals surface area contributed by atoms with Crippen molar-refractivity contribution >= 4 is 35.2 Å². The van der Waals surface area contributed by atoms with Crippen LogP contribution in [0.4, 0.5) is 4.79 Å². The summed E-state index contributed by atoms with van der Waals surface area (Å²) in [5.74, 6) is -1.60. The third-order valence-corrected chi connectivity index (χ3v) is 7.44. The van der Waals surface area contributed by atoms with E-state index in [1.165, 1.54) is 4.90 Å². The van der Waals surface area contributed by atoms with Gasteiger partial charge in [0.2, 0.25) is 17.7 Å². The lowest BCUT2D eigenvalue weighted by molar-refractivity contribution is -0.144. The Morgan fingerprint density at radius 1 is 1.16 bits per heavy atom. The molecule has 1 aromatic heterocycles. The number of carbonyl (C=O) groups is 4. The molecule has 11 nitrogen and oxygen atoms in total. The number of aliphatic hydroxyl groups is 1. The maximum Gasteiger partial charge on any atom is 0.405 e. The monoisotopic (exact) mass is 545 g/mol. The summed E-state index contributed by atoms with van der Waals surface area (Å²) in [4.78, 5) is 56.5. The summed E-state index contributed by atoms with van der Waals surface area (Å²) in [6, 6.07) is 5.51. The third kappa shape index (κ3) is 7.07. The summed E-state index contributed by atoms with van der Waals surface area (Å²) >= 11 is 1.56. The molecule has 0 bridgehead atoms. The van der Waals surface area contributed by atoms with Crippen LogP contribution in [0.15, 0.2) is 29.8 Å². The maximum absolute atomic E-state index is 13.5. The van der Waals surface area contributed by atoms with Gasteiger partial charge in [-0.15, -0.1) is 11.3 Å². The van der Waals surface area contributed by atoms with Crippen LogP contribution in [0.1, 0.15) is 51.4 Å². The Kier molecular flexibility index (Phi) is 9.10. The molecule has 3 rings (SSSR count). The smallest absolute Gasteiger partial charge is 0.405 e. The van der Waals surface area contributed by atoms with Gasteiger partial charge in [0.25, 0.3) is 0 Å². The number of β-amino-alcohol motifs (C(OH)–C–C–N with tert-alkyl or cyclic N) is 1. The van der Waals surface area contributed by atoms with Crippen molar-refractivity contribution in [1.82, 2.24) is 25.8 Å². The number of aryl methyl sites for hydroxylation is 1. The fourth-order valence-electron chi connectivity index (χ4n) is 4.38. The topological polar surface area (TPSA) is 161 Å². The molecule has 0 radical (unpaired) electrons. The van der Waals surface area contributed by atoms with Gasteiger partial charge in [-0.25, -0.2) is 9.78 Å². The number of nitrogens with one attached hydrogen (secondary N) is 3. The van der Waals surface area contributed by atoms with Crippen LogP contribution >= 0.6 is 11.3 Å². The second kappa shape index (κ2) is 11.9. The molecule has 1 fully saturated rings. The van der Waals surface area contributed by atoms with Crippen molar-refractivity contribution < 1.29 is 29.4 Å². The predicted molar refractivity (Wildman–Crippen MR) is 142 cm³/mol. The summed E-state index contributed by atoms with van der Waals surface area (Å²) in [6.07, 6.45) is -2.18.